The fraction of sp³-hybridized carbons (Fsp3) is 0.286. The number of aryl methyl sites for hydroxylation is 4. The highest BCUT2D eigenvalue weighted by Crippen LogP contribution is 2.31. The van der Waals surface area contributed by atoms with E-state index in [9.17, 15) is 4.79 Å². The Morgan fingerprint density at radius 1 is 0.679 bits per heavy atom. The van der Waals surface area contributed by atoms with Gasteiger partial charge in [0.1, 0.15) is 11.5 Å². The first-order valence-electron chi connectivity index (χ1n) is 8.88. The molecule has 7 heteroatoms. The molecule has 2 amide bonds. The van der Waals surface area contributed by atoms with Gasteiger partial charge in [-0.25, -0.2) is 14.8 Å². The third-order valence-electron chi connectivity index (χ3n) is 4.54. The number of hydrogen-bond donors (Lipinski definition) is 2. The summed E-state index contributed by atoms with van der Waals surface area (Å²) in [6, 6.07) is 7.28. The number of nitrogens with one attached hydrogen (secondary N) is 2. The zero-order chi connectivity index (χ0) is 20.4. The standard InChI is InChI=1S/C21H24N4O3/c1-11-7-15(27-5)8-12(2)17(11)22-19-20(25-21(26)24-19)23-18-13(3)9-16(28-6)10-14(18)4/h7-10H,1-6H3,(H2,22,23,24,25,26). The van der Waals surface area contributed by atoms with Crippen molar-refractivity contribution in [3.63, 3.8) is 0 Å². The Hall–Kier alpha value is -3.35. The molecule has 0 radical (unpaired) electrons. The number of carbonyl (C=O) groups excluding carboxylic acids is 1. The molecule has 0 bridgehead atoms. The van der Waals surface area contributed by atoms with E-state index in [-0.39, 0.29) is 6.03 Å². The summed E-state index contributed by atoms with van der Waals surface area (Å²) in [5.74, 6) is 2.31. The zero-order valence-electron chi connectivity index (χ0n) is 16.9. The smallest absolute Gasteiger partial charge is 0.326 e. The average Bonchev–Trinajstić information content (AvgIpc) is 2.99. The Kier molecular flexibility index (Phi) is 5.35. The van der Waals surface area contributed by atoms with E-state index in [4.69, 9.17) is 9.47 Å². The predicted octanol–water partition coefficient (Wildman–Crippen LogP) is 4.01. The summed E-state index contributed by atoms with van der Waals surface area (Å²) < 4.78 is 10.6. The molecule has 0 aliphatic carbocycles. The van der Waals surface area contributed by atoms with Crippen molar-refractivity contribution in [3.05, 3.63) is 46.5 Å². The van der Waals surface area contributed by atoms with Crippen LogP contribution in [0, 0.1) is 27.7 Å². The van der Waals surface area contributed by atoms with Crippen LogP contribution in [0.3, 0.4) is 0 Å². The van der Waals surface area contributed by atoms with E-state index >= 15 is 0 Å². The fourth-order valence-electron chi connectivity index (χ4n) is 3.17. The van der Waals surface area contributed by atoms with E-state index in [0.29, 0.717) is 11.7 Å². The molecular formula is C21H24N4O3. The lowest BCUT2D eigenvalue weighted by atomic mass is 10.1. The van der Waals surface area contributed by atoms with Crippen LogP contribution in [-0.4, -0.2) is 31.9 Å². The number of urea groups is 1. The third kappa shape index (κ3) is 3.83. The molecule has 0 atom stereocenters. The minimum absolute atomic E-state index is 0.356. The number of amidine groups is 2. The maximum absolute atomic E-state index is 12.0. The molecule has 3 rings (SSSR count). The summed E-state index contributed by atoms with van der Waals surface area (Å²) in [7, 11) is 3.26. The van der Waals surface area contributed by atoms with Crippen molar-refractivity contribution in [1.82, 2.24) is 10.6 Å². The zero-order valence-corrected chi connectivity index (χ0v) is 16.9. The largest absolute Gasteiger partial charge is 0.497 e. The van der Waals surface area contributed by atoms with Gasteiger partial charge in [-0.3, -0.25) is 10.6 Å². The fourth-order valence-corrected chi connectivity index (χ4v) is 3.17. The van der Waals surface area contributed by atoms with Crippen molar-refractivity contribution in [2.75, 3.05) is 14.2 Å². The molecule has 1 heterocycles. The van der Waals surface area contributed by atoms with Gasteiger partial charge in [0.15, 0.2) is 11.7 Å². The first kappa shape index (κ1) is 19.4. The molecular weight excluding hydrogens is 356 g/mol. The van der Waals surface area contributed by atoms with Crippen LogP contribution >= 0.6 is 0 Å². The van der Waals surface area contributed by atoms with Gasteiger partial charge in [0, 0.05) is 0 Å². The molecule has 0 spiro atoms. The van der Waals surface area contributed by atoms with Gasteiger partial charge in [0.25, 0.3) is 0 Å². The van der Waals surface area contributed by atoms with Crippen molar-refractivity contribution in [3.8, 4) is 11.5 Å². The summed E-state index contributed by atoms with van der Waals surface area (Å²) in [5.41, 5.74) is 5.33. The molecule has 1 fully saturated rings. The number of benzene rings is 2. The van der Waals surface area contributed by atoms with Crippen molar-refractivity contribution < 1.29 is 14.3 Å². The number of aliphatic imine (C=N–C) groups is 2. The minimum Gasteiger partial charge on any atom is -0.497 e. The Balaban J connectivity index is 2.07. The van der Waals surface area contributed by atoms with Crippen LogP contribution in [-0.2, 0) is 0 Å². The second-order valence-electron chi connectivity index (χ2n) is 6.72. The van der Waals surface area contributed by atoms with Gasteiger partial charge in [-0.2, -0.15) is 0 Å². The highest BCUT2D eigenvalue weighted by molar-refractivity contribution is 6.50. The first-order chi connectivity index (χ1) is 13.3. The Morgan fingerprint density at radius 3 is 1.29 bits per heavy atom. The number of hydrogen-bond acceptors (Lipinski definition) is 5. The van der Waals surface area contributed by atoms with Crippen LogP contribution in [0.1, 0.15) is 22.3 Å². The molecule has 28 heavy (non-hydrogen) atoms. The summed E-state index contributed by atoms with van der Waals surface area (Å²) in [5, 5.41) is 5.46. The molecule has 1 aliphatic heterocycles. The lowest BCUT2D eigenvalue weighted by Crippen LogP contribution is -2.22. The van der Waals surface area contributed by atoms with Crippen LogP contribution in [0.5, 0.6) is 11.5 Å². The van der Waals surface area contributed by atoms with Crippen molar-refractivity contribution in [1.29, 1.82) is 0 Å². The Labute approximate surface area is 164 Å². The number of amides is 2. The predicted molar refractivity (Wildman–Crippen MR) is 111 cm³/mol. The molecule has 2 aromatic rings. The van der Waals surface area contributed by atoms with Crippen molar-refractivity contribution in [2.45, 2.75) is 27.7 Å². The van der Waals surface area contributed by atoms with Gasteiger partial charge in [0.05, 0.1) is 25.6 Å². The van der Waals surface area contributed by atoms with Gasteiger partial charge < -0.3 is 9.47 Å². The summed E-state index contributed by atoms with van der Waals surface area (Å²) in [4.78, 5) is 21.3. The highest BCUT2D eigenvalue weighted by atomic mass is 16.5. The van der Waals surface area contributed by atoms with E-state index < -0.39 is 0 Å². The van der Waals surface area contributed by atoms with Gasteiger partial charge in [0.2, 0.25) is 0 Å². The third-order valence-corrected chi connectivity index (χ3v) is 4.54. The van der Waals surface area contributed by atoms with Gasteiger partial charge >= 0.3 is 6.03 Å². The van der Waals surface area contributed by atoms with Crippen LogP contribution in [0.25, 0.3) is 0 Å². The van der Waals surface area contributed by atoms with Crippen LogP contribution in [0.15, 0.2) is 34.3 Å². The van der Waals surface area contributed by atoms with E-state index in [1.807, 2.05) is 52.0 Å². The Bertz CT molecular complexity index is 883. The summed E-state index contributed by atoms with van der Waals surface area (Å²) in [6.45, 7) is 7.81. The van der Waals surface area contributed by atoms with Crippen LogP contribution < -0.4 is 20.1 Å². The molecule has 0 saturated carbocycles. The lowest BCUT2D eigenvalue weighted by molar-refractivity contribution is 0.251. The quantitative estimate of drug-likeness (QED) is 0.840. The number of methoxy groups -OCH3 is 2. The normalized spacial score (nSPS) is 16.3. The maximum atomic E-state index is 12.0. The van der Waals surface area contributed by atoms with Crippen LogP contribution in [0.2, 0.25) is 0 Å². The average molecular weight is 380 g/mol. The summed E-state index contributed by atoms with van der Waals surface area (Å²) in [6.07, 6.45) is 0. The monoisotopic (exact) mass is 380 g/mol. The molecule has 2 N–H and O–H groups in total. The minimum atomic E-state index is -0.356. The SMILES string of the molecule is COc1cc(C)c(N=C2NC(=O)NC2=Nc2c(C)cc(OC)cc2C)c(C)c1. The number of rotatable bonds is 4. The molecule has 7 nitrogen and oxygen atoms in total. The topological polar surface area (TPSA) is 84.3 Å². The van der Waals surface area contributed by atoms with Gasteiger partial charge in [-0.15, -0.1) is 0 Å². The van der Waals surface area contributed by atoms with E-state index in [2.05, 4.69) is 20.6 Å². The molecule has 0 unspecified atom stereocenters. The molecule has 146 valence electrons. The van der Waals surface area contributed by atoms with E-state index in [1.54, 1.807) is 14.2 Å². The van der Waals surface area contributed by atoms with Gasteiger partial charge in [-0.1, -0.05) is 0 Å². The number of ether oxygens (including phenoxy) is 2. The molecule has 0 aromatic heterocycles. The van der Waals surface area contributed by atoms with Gasteiger partial charge in [-0.05, 0) is 74.2 Å². The molecule has 1 saturated heterocycles. The second-order valence-corrected chi connectivity index (χ2v) is 6.72. The van der Waals surface area contributed by atoms with Crippen molar-refractivity contribution in [2.24, 2.45) is 9.98 Å². The lowest BCUT2D eigenvalue weighted by Gasteiger charge is -2.10. The number of nitrogens with zero attached hydrogens (tertiary/aromatic N) is 2. The maximum Gasteiger partial charge on any atom is 0.326 e. The van der Waals surface area contributed by atoms with E-state index in [1.165, 1.54) is 0 Å². The molecule has 1 aliphatic rings. The first-order valence-corrected chi connectivity index (χ1v) is 8.88. The Morgan fingerprint density at radius 2 is 1.00 bits per heavy atom. The highest BCUT2D eigenvalue weighted by Gasteiger charge is 2.24. The second kappa shape index (κ2) is 7.72. The van der Waals surface area contributed by atoms with Crippen molar-refractivity contribution >= 4 is 29.1 Å². The van der Waals surface area contributed by atoms with Crippen LogP contribution in [0.4, 0.5) is 16.2 Å². The number of carbonyl (C=O) groups is 1. The van der Waals surface area contributed by atoms with E-state index in [0.717, 1.165) is 45.1 Å². The summed E-state index contributed by atoms with van der Waals surface area (Å²) >= 11 is 0. The molecule has 2 aromatic carbocycles.